The number of nitrogens with two attached hydrogens (primary N) is 1. The van der Waals surface area contributed by atoms with Gasteiger partial charge in [-0.25, -0.2) is 15.8 Å². The van der Waals surface area contributed by atoms with Crippen LogP contribution in [0.3, 0.4) is 0 Å². The summed E-state index contributed by atoms with van der Waals surface area (Å²) in [6.07, 6.45) is 0. The fraction of sp³-hybridized carbons (Fsp3) is 0.174. The predicted molar refractivity (Wildman–Crippen MR) is 174 cm³/mol. The smallest absolute Gasteiger partial charge is 0.233 e. The van der Waals surface area contributed by atoms with Gasteiger partial charge in [-0.3, -0.25) is 0 Å². The van der Waals surface area contributed by atoms with E-state index in [1.807, 2.05) is 0 Å². The Morgan fingerprint density at radius 3 is 2.32 bits per heavy atom. The number of azo groups is 1. The Balaban J connectivity index is 1.65. The topological polar surface area (TPSA) is 270 Å². The number of hydrogen-bond acceptors (Lipinski definition) is 23. The average molecular weight is 751 g/mol. The first-order valence-corrected chi connectivity index (χ1v) is 16.3. The zero-order valence-corrected chi connectivity index (χ0v) is 27.3. The van der Waals surface area contributed by atoms with Crippen molar-refractivity contribution in [3.63, 3.8) is 0 Å². The minimum absolute atomic E-state index is 0.000468. The Morgan fingerprint density at radius 2 is 1.57 bits per heavy atom. The van der Waals surface area contributed by atoms with Gasteiger partial charge >= 0.3 is 0 Å². The number of phenolic OH excluding ortho intramolecular Hbond substituents is 1. The summed E-state index contributed by atoms with van der Waals surface area (Å²) in [6, 6.07) is 9.08. The number of phenols is 1. The molecule has 1 aromatic heterocycles. The van der Waals surface area contributed by atoms with E-state index in [9.17, 15) is 5.11 Å². The van der Waals surface area contributed by atoms with E-state index in [1.165, 1.54) is 18.2 Å². The second-order valence-corrected chi connectivity index (χ2v) is 12.2. The molecule has 252 valence electrons. The first-order chi connectivity index (χ1) is 22.9. The molecule has 0 aliphatic carbocycles. The van der Waals surface area contributed by atoms with Crippen molar-refractivity contribution in [1.82, 2.24) is 15.0 Å². The lowest BCUT2D eigenvalue weighted by atomic mass is 10.1. The number of halogens is 1. The molecule has 0 fully saturated rings. The van der Waals surface area contributed by atoms with Crippen molar-refractivity contribution in [2.75, 3.05) is 41.0 Å². The molecular weight excluding hydrogens is 728 g/mol. The van der Waals surface area contributed by atoms with E-state index in [1.54, 1.807) is 30.0 Å². The molecule has 9 N–H and O–H groups in total. The van der Waals surface area contributed by atoms with Crippen LogP contribution in [0, 0.1) is 0 Å². The van der Waals surface area contributed by atoms with Crippen LogP contribution in [0.15, 0.2) is 61.3 Å². The molecule has 0 bridgehead atoms. The summed E-state index contributed by atoms with van der Waals surface area (Å²) in [5.74, 6) is 1.40. The molecule has 0 spiro atoms. The van der Waals surface area contributed by atoms with E-state index in [0.717, 1.165) is 0 Å². The Labute approximate surface area is 286 Å². The summed E-state index contributed by atoms with van der Waals surface area (Å²) >= 11 is 9.39. The number of aliphatic hydroxyl groups is 1. The summed E-state index contributed by atoms with van der Waals surface area (Å²) in [5, 5.41) is 71.8. The van der Waals surface area contributed by atoms with Gasteiger partial charge in [0.25, 0.3) is 0 Å². The number of nitrogen functional groups attached to an aromatic ring is 1. The summed E-state index contributed by atoms with van der Waals surface area (Å²) in [6.45, 7) is 0.612. The lowest BCUT2D eigenvalue weighted by molar-refractivity contribution is -0.432. The van der Waals surface area contributed by atoms with E-state index in [2.05, 4.69) is 63.9 Å². The van der Waals surface area contributed by atoms with Crippen LogP contribution >= 0.6 is 59.5 Å². The maximum Gasteiger partial charge on any atom is 0.233 e. The molecule has 0 aliphatic rings. The van der Waals surface area contributed by atoms with E-state index in [-0.39, 0.29) is 61.8 Å². The van der Waals surface area contributed by atoms with Crippen LogP contribution in [0.25, 0.3) is 10.8 Å². The van der Waals surface area contributed by atoms with Crippen LogP contribution in [-0.4, -0.2) is 65.6 Å². The van der Waals surface area contributed by atoms with E-state index >= 15 is 0 Å². The number of nitrogens with one attached hydrogen (secondary N) is 2. The maximum atomic E-state index is 10.8. The molecule has 4 aromatic rings. The normalized spacial score (nSPS) is 11.5. The molecule has 0 amide bonds. The number of fused-ring (bicyclic) bond motifs is 1. The van der Waals surface area contributed by atoms with Gasteiger partial charge in [0, 0.05) is 28.6 Å². The monoisotopic (exact) mass is 750 g/mol. The van der Waals surface area contributed by atoms with Crippen molar-refractivity contribution in [1.29, 1.82) is 0 Å². The van der Waals surface area contributed by atoms with Gasteiger partial charge in [0.2, 0.25) is 17.2 Å². The Bertz CT molecular complexity index is 1680. The Kier molecular flexibility index (Phi) is 15.0. The highest BCUT2D eigenvalue weighted by molar-refractivity contribution is 7.99. The first-order valence-electron chi connectivity index (χ1n) is 12.6. The second-order valence-electron chi connectivity index (χ2n) is 8.38. The van der Waals surface area contributed by atoms with Crippen LogP contribution in [0.1, 0.15) is 0 Å². The third-order valence-electron chi connectivity index (χ3n) is 5.48. The van der Waals surface area contributed by atoms with Gasteiger partial charge in [-0.2, -0.15) is 26.7 Å². The van der Waals surface area contributed by atoms with Crippen LogP contribution in [0.5, 0.6) is 5.75 Å². The second kappa shape index (κ2) is 19.1. The first kappa shape index (κ1) is 36.8. The summed E-state index contributed by atoms with van der Waals surface area (Å²) < 4.78 is 13.6. The maximum absolute atomic E-state index is 10.8. The summed E-state index contributed by atoms with van der Waals surface area (Å²) in [7, 11) is 0. The van der Waals surface area contributed by atoms with Gasteiger partial charge in [0.05, 0.1) is 63.6 Å². The molecule has 0 aliphatic heterocycles. The van der Waals surface area contributed by atoms with Crippen molar-refractivity contribution in [2.45, 2.75) is 14.7 Å². The van der Waals surface area contributed by atoms with Crippen molar-refractivity contribution in [3.8, 4) is 5.75 Å². The van der Waals surface area contributed by atoms with Crippen LogP contribution < -0.4 is 16.4 Å². The minimum Gasteiger partial charge on any atom is -0.507 e. The van der Waals surface area contributed by atoms with Crippen molar-refractivity contribution in [3.05, 3.63) is 41.7 Å². The van der Waals surface area contributed by atoms with Gasteiger partial charge in [0.15, 0.2) is 0 Å². The fourth-order valence-electron chi connectivity index (χ4n) is 3.70. The lowest BCUT2D eigenvalue weighted by Gasteiger charge is -2.13. The molecule has 0 saturated carbocycles. The molecule has 3 aromatic carbocycles. The van der Waals surface area contributed by atoms with E-state index < -0.39 is 0 Å². The number of anilines is 4. The van der Waals surface area contributed by atoms with Gasteiger partial charge < -0.3 is 26.6 Å². The standard InChI is InChI=1S/C23H23ClN8O11S4/c24-21-28-22(26-3-5-44-6-4-33)30-23(29-21)27-12-1-2-14(16(9-12)46-42-39-36)31-32-20-18-11(8-17(19(20)25)47-43-40-37)7-13(10-15(18)34)45-41-38-35/h1-2,7-10,33-37H,3-6,25H2,(H2,26,27,28,29,30)/b32-31+. The van der Waals surface area contributed by atoms with Gasteiger partial charge in [-0.15, -0.1) is 23.2 Å². The van der Waals surface area contributed by atoms with Crippen molar-refractivity contribution in [2.24, 2.45) is 10.2 Å². The molecule has 19 nitrogen and oxygen atoms in total. The Morgan fingerprint density at radius 1 is 0.851 bits per heavy atom. The highest BCUT2D eigenvalue weighted by Gasteiger charge is 2.18. The number of hydrogen-bond donors (Lipinski definition) is 8. The summed E-state index contributed by atoms with van der Waals surface area (Å²) in [4.78, 5) is 13.3. The van der Waals surface area contributed by atoms with Crippen molar-refractivity contribution >= 4 is 105 Å². The number of thioether (sulfide) groups is 1. The highest BCUT2D eigenvalue weighted by atomic mass is 35.5. The molecule has 0 saturated heterocycles. The zero-order valence-electron chi connectivity index (χ0n) is 23.3. The van der Waals surface area contributed by atoms with E-state index in [0.29, 0.717) is 70.1 Å². The molecule has 1 heterocycles. The number of rotatable bonds is 19. The number of benzene rings is 3. The van der Waals surface area contributed by atoms with Crippen molar-refractivity contribution < 1.29 is 54.1 Å². The number of nitrogens with zero attached hydrogens (tertiary/aromatic N) is 5. The molecule has 24 heteroatoms. The largest absolute Gasteiger partial charge is 0.507 e. The number of aliphatic hydroxyl groups excluding tert-OH is 1. The number of aromatic hydroxyl groups is 1. The quantitative estimate of drug-likeness (QED) is 0.0126. The summed E-state index contributed by atoms with van der Waals surface area (Å²) in [5.41, 5.74) is 6.98. The lowest BCUT2D eigenvalue weighted by Crippen LogP contribution is -2.10. The minimum atomic E-state index is -0.275. The molecule has 0 unspecified atom stereocenters. The Hall–Kier alpha value is -2.98. The van der Waals surface area contributed by atoms with E-state index in [4.69, 9.17) is 38.2 Å². The molecule has 47 heavy (non-hydrogen) atoms. The molecule has 4 rings (SSSR count). The molecule has 0 atom stereocenters. The molecule has 0 radical (unpaired) electrons. The van der Waals surface area contributed by atoms with Crippen LogP contribution in [0.4, 0.5) is 34.6 Å². The SMILES string of the molecule is Nc1c(SOOO)cc2cc(SOOO)cc(O)c2c1/N=N/c1ccc(Nc2nc(Cl)nc(NCCSCCO)n2)cc1SOOO. The highest BCUT2D eigenvalue weighted by Crippen LogP contribution is 2.46. The number of aromatic nitrogens is 3. The van der Waals surface area contributed by atoms with Crippen LogP contribution in [-0.2, 0) is 28.1 Å². The third-order valence-corrected chi connectivity index (χ3v) is 8.45. The van der Waals surface area contributed by atoms with Gasteiger partial charge in [-0.1, -0.05) is 15.1 Å². The van der Waals surface area contributed by atoms with Crippen LogP contribution in [0.2, 0.25) is 5.28 Å². The third kappa shape index (κ3) is 10.8. The fourth-order valence-corrected chi connectivity index (χ4v) is 5.83. The predicted octanol–water partition coefficient (Wildman–Crippen LogP) is 6.55. The zero-order chi connectivity index (χ0) is 33.6. The molecular formula is C23H23ClN8O11S4. The van der Waals surface area contributed by atoms with Gasteiger partial charge in [-0.05, 0) is 53.4 Å². The van der Waals surface area contributed by atoms with Gasteiger partial charge in [0.1, 0.15) is 17.1 Å². The average Bonchev–Trinajstić information content (AvgIpc) is 3.05.